The maximum Gasteiger partial charge on any atom is 0.286 e. The zero-order chi connectivity index (χ0) is 25.8. The van der Waals surface area contributed by atoms with Crippen molar-refractivity contribution in [1.29, 1.82) is 0 Å². The number of amidine groups is 1. The van der Waals surface area contributed by atoms with Crippen LogP contribution in [0, 0.1) is 17.7 Å². The first-order chi connectivity index (χ1) is 16.9. The van der Waals surface area contributed by atoms with Gasteiger partial charge >= 0.3 is 0 Å². The molecule has 1 aliphatic carbocycles. The SMILES string of the molecule is CS(=O)(=O)Nc1ccc2c(c1)S(=O)(=O)N=C(C1C(=O)[C@H]3CCC[C@H]3N(Cc3ccc(F)cc3)C1=O)N2. The predicted octanol–water partition coefficient (Wildman–Crippen LogP) is 2.11. The average molecular weight is 535 g/mol. The normalized spacial score (nSPS) is 25.0. The van der Waals surface area contributed by atoms with Crippen LogP contribution < -0.4 is 10.0 Å². The van der Waals surface area contributed by atoms with Crippen LogP contribution in [0.5, 0.6) is 0 Å². The monoisotopic (exact) mass is 534 g/mol. The van der Waals surface area contributed by atoms with E-state index in [9.17, 15) is 30.8 Å². The lowest BCUT2D eigenvalue weighted by Gasteiger charge is -2.41. The first-order valence-corrected chi connectivity index (χ1v) is 14.6. The van der Waals surface area contributed by atoms with Crippen molar-refractivity contribution < 1.29 is 30.8 Å². The van der Waals surface area contributed by atoms with Gasteiger partial charge in [-0.15, -0.1) is 4.40 Å². The fourth-order valence-corrected chi connectivity index (χ4v) is 6.86. The molecule has 0 spiro atoms. The molecule has 1 saturated heterocycles. The Morgan fingerprint density at radius 1 is 1.14 bits per heavy atom. The number of Topliss-reactive ketones (excluding diaryl/α,β-unsaturated/α-hetero) is 1. The van der Waals surface area contributed by atoms with Gasteiger partial charge in [-0.3, -0.25) is 14.3 Å². The molecule has 0 bridgehead atoms. The molecule has 2 N–H and O–H groups in total. The van der Waals surface area contributed by atoms with Gasteiger partial charge in [0.05, 0.1) is 11.9 Å². The van der Waals surface area contributed by atoms with Gasteiger partial charge in [0, 0.05) is 24.2 Å². The van der Waals surface area contributed by atoms with E-state index in [1.807, 2.05) is 0 Å². The van der Waals surface area contributed by atoms with Gasteiger partial charge in [-0.05, 0) is 48.7 Å². The van der Waals surface area contributed by atoms with E-state index in [2.05, 4.69) is 14.4 Å². The highest BCUT2D eigenvalue weighted by Crippen LogP contribution is 2.40. The number of carbonyl (C=O) groups is 2. The number of ketones is 1. The number of carbonyl (C=O) groups excluding carboxylic acids is 2. The molecule has 0 radical (unpaired) electrons. The number of sulfonamides is 2. The van der Waals surface area contributed by atoms with Crippen LogP contribution in [0.1, 0.15) is 24.8 Å². The van der Waals surface area contributed by atoms with Gasteiger partial charge in [0.1, 0.15) is 16.5 Å². The number of piperidine rings is 1. The number of halogens is 1. The van der Waals surface area contributed by atoms with E-state index in [4.69, 9.17) is 0 Å². The highest BCUT2D eigenvalue weighted by molar-refractivity contribution is 7.92. The molecule has 2 heterocycles. The summed E-state index contributed by atoms with van der Waals surface area (Å²) in [7, 11) is -7.99. The molecule has 2 aromatic rings. The summed E-state index contributed by atoms with van der Waals surface area (Å²) in [6.45, 7) is 0.154. The van der Waals surface area contributed by atoms with Gasteiger partial charge in [-0.25, -0.2) is 12.8 Å². The van der Waals surface area contributed by atoms with Crippen LogP contribution >= 0.6 is 0 Å². The van der Waals surface area contributed by atoms with E-state index < -0.39 is 43.6 Å². The summed E-state index contributed by atoms with van der Waals surface area (Å²) in [5.74, 6) is -3.51. The maximum absolute atomic E-state index is 13.6. The molecule has 3 aliphatic rings. The van der Waals surface area contributed by atoms with Crippen LogP contribution in [0.2, 0.25) is 0 Å². The van der Waals surface area contributed by atoms with Gasteiger partial charge in [0.25, 0.3) is 10.0 Å². The zero-order valence-corrected chi connectivity index (χ0v) is 20.8. The molecule has 2 aromatic carbocycles. The summed E-state index contributed by atoms with van der Waals surface area (Å²) >= 11 is 0. The number of likely N-dealkylation sites (tertiary alicyclic amines) is 1. The molecular formula is C23H23FN4O6S2. The second-order valence-electron chi connectivity index (χ2n) is 9.19. The van der Waals surface area contributed by atoms with Gasteiger partial charge in [0.2, 0.25) is 15.9 Å². The number of fused-ring (bicyclic) bond motifs is 2. The van der Waals surface area contributed by atoms with Gasteiger partial charge in [-0.2, -0.15) is 8.42 Å². The van der Waals surface area contributed by atoms with Gasteiger partial charge in [-0.1, -0.05) is 18.6 Å². The summed E-state index contributed by atoms with van der Waals surface area (Å²) in [4.78, 5) is 28.3. The van der Waals surface area contributed by atoms with Crippen molar-refractivity contribution in [3.63, 3.8) is 0 Å². The third-order valence-electron chi connectivity index (χ3n) is 6.64. The molecule has 10 nitrogen and oxygen atoms in total. The van der Waals surface area contributed by atoms with Crippen molar-refractivity contribution in [2.75, 3.05) is 16.3 Å². The van der Waals surface area contributed by atoms with Crippen LogP contribution in [-0.4, -0.2) is 51.6 Å². The molecule has 0 aromatic heterocycles. The van der Waals surface area contributed by atoms with E-state index in [0.29, 0.717) is 18.4 Å². The summed E-state index contributed by atoms with van der Waals surface area (Å²) in [5, 5.41) is 2.82. The summed E-state index contributed by atoms with van der Waals surface area (Å²) in [6.07, 6.45) is 2.90. The number of nitrogens with one attached hydrogen (secondary N) is 2. The van der Waals surface area contributed by atoms with Crippen molar-refractivity contribution >= 4 is 48.9 Å². The van der Waals surface area contributed by atoms with Crippen molar-refractivity contribution in [3.8, 4) is 0 Å². The maximum atomic E-state index is 13.6. The standard InChI is InChI=1S/C23H23FN4O6S2/c1-35(31,32)26-15-9-10-17-19(11-15)36(33,34)27-22(25-17)20-21(29)16-3-2-4-18(16)28(23(20)30)12-13-5-7-14(24)8-6-13/h5-11,16,18,20,26H,2-4,12H2,1H3,(H,25,27)/t16-,18+,20?/m0/s1. The lowest BCUT2D eigenvalue weighted by Crippen LogP contribution is -2.58. The first kappa shape index (κ1) is 24.4. The van der Waals surface area contributed by atoms with Crippen LogP contribution in [0.3, 0.4) is 0 Å². The number of nitrogens with zero attached hydrogens (tertiary/aromatic N) is 2. The van der Waals surface area contributed by atoms with Gasteiger partial charge in [0.15, 0.2) is 11.7 Å². The second-order valence-corrected chi connectivity index (χ2v) is 12.5. The Labute approximate surface area is 207 Å². The molecular weight excluding hydrogens is 511 g/mol. The highest BCUT2D eigenvalue weighted by atomic mass is 32.2. The Bertz CT molecular complexity index is 1510. The largest absolute Gasteiger partial charge is 0.341 e. The minimum absolute atomic E-state index is 0.0318. The third-order valence-corrected chi connectivity index (χ3v) is 8.58. The van der Waals surface area contributed by atoms with Crippen LogP contribution in [0.25, 0.3) is 0 Å². The quantitative estimate of drug-likeness (QED) is 0.560. The molecule has 2 fully saturated rings. The molecule has 1 saturated carbocycles. The van der Waals surface area contributed by atoms with Gasteiger partial charge < -0.3 is 10.2 Å². The smallest absolute Gasteiger partial charge is 0.286 e. The number of hydrogen-bond acceptors (Lipinski definition) is 7. The number of benzene rings is 2. The van der Waals surface area contributed by atoms with E-state index in [-0.39, 0.29) is 40.5 Å². The molecule has 1 amide bonds. The fourth-order valence-electron chi connectivity index (χ4n) is 5.12. The molecule has 190 valence electrons. The summed E-state index contributed by atoms with van der Waals surface area (Å²) < 4.78 is 68.4. The molecule has 5 rings (SSSR count). The Hall–Kier alpha value is -3.32. The summed E-state index contributed by atoms with van der Waals surface area (Å²) in [6, 6.07) is 9.24. The van der Waals surface area contributed by atoms with Crippen molar-refractivity contribution in [1.82, 2.24) is 4.90 Å². The molecule has 1 unspecified atom stereocenters. The topological polar surface area (TPSA) is 142 Å². The van der Waals surface area contributed by atoms with E-state index in [0.717, 1.165) is 18.7 Å². The van der Waals surface area contributed by atoms with Crippen LogP contribution in [-0.2, 0) is 36.2 Å². The predicted molar refractivity (Wildman–Crippen MR) is 130 cm³/mol. The Morgan fingerprint density at radius 2 is 1.86 bits per heavy atom. The Balaban J connectivity index is 1.50. The Morgan fingerprint density at radius 3 is 2.56 bits per heavy atom. The average Bonchev–Trinajstić information content (AvgIpc) is 3.27. The van der Waals surface area contributed by atoms with E-state index >= 15 is 0 Å². The molecule has 13 heteroatoms. The lowest BCUT2D eigenvalue weighted by molar-refractivity contribution is -0.149. The molecule has 36 heavy (non-hydrogen) atoms. The van der Waals surface area contributed by atoms with Crippen LogP contribution in [0.4, 0.5) is 15.8 Å². The van der Waals surface area contributed by atoms with E-state index in [1.54, 1.807) is 17.0 Å². The summed E-state index contributed by atoms with van der Waals surface area (Å²) in [5.41, 5.74) is 0.800. The number of hydrogen-bond donors (Lipinski definition) is 2. The highest BCUT2D eigenvalue weighted by Gasteiger charge is 2.52. The minimum atomic E-state index is -4.34. The minimum Gasteiger partial charge on any atom is -0.341 e. The zero-order valence-electron chi connectivity index (χ0n) is 19.1. The van der Waals surface area contributed by atoms with Crippen molar-refractivity contribution in [3.05, 3.63) is 53.8 Å². The van der Waals surface area contributed by atoms with Crippen molar-refractivity contribution in [2.24, 2.45) is 16.2 Å². The lowest BCUT2D eigenvalue weighted by atomic mass is 9.81. The fraction of sp³-hybridized carbons (Fsp3) is 0.348. The molecule has 2 aliphatic heterocycles. The number of anilines is 2. The number of amides is 1. The third kappa shape index (κ3) is 4.48. The molecule has 3 atom stereocenters. The Kier molecular flexibility index (Phi) is 5.86. The van der Waals surface area contributed by atoms with Crippen LogP contribution in [0.15, 0.2) is 51.8 Å². The first-order valence-electron chi connectivity index (χ1n) is 11.3. The second kappa shape index (κ2) is 8.66. The number of rotatable bonds is 5. The van der Waals surface area contributed by atoms with Crippen molar-refractivity contribution in [2.45, 2.75) is 36.7 Å². The van der Waals surface area contributed by atoms with E-state index in [1.165, 1.54) is 24.3 Å².